The zero-order valence-corrected chi connectivity index (χ0v) is 9.73. The lowest BCUT2D eigenvalue weighted by molar-refractivity contribution is 0.216. The van der Waals surface area contributed by atoms with Gasteiger partial charge in [-0.15, -0.1) is 0 Å². The van der Waals surface area contributed by atoms with E-state index in [4.69, 9.17) is 0 Å². The molecule has 88 valence electrons. The predicted octanol–water partition coefficient (Wildman–Crippen LogP) is 2.15. The fourth-order valence-corrected chi connectivity index (χ4v) is 2.68. The largest absolute Gasteiger partial charge is 0.396 e. The second kappa shape index (κ2) is 6.02. The zero-order chi connectivity index (χ0) is 11.2. The predicted molar refractivity (Wildman–Crippen MR) is 66.5 cm³/mol. The van der Waals surface area contributed by atoms with E-state index in [1.807, 2.05) is 6.07 Å². The number of nitrogens with one attached hydrogen (secondary N) is 1. The quantitative estimate of drug-likeness (QED) is 0.816. The highest BCUT2D eigenvalue weighted by molar-refractivity contribution is 5.20. The van der Waals surface area contributed by atoms with E-state index in [1.165, 1.54) is 24.8 Å². The van der Waals surface area contributed by atoms with Crippen molar-refractivity contribution in [2.24, 2.45) is 5.92 Å². The molecule has 0 bridgehead atoms. The summed E-state index contributed by atoms with van der Waals surface area (Å²) in [5.41, 5.74) is 1.29. The van der Waals surface area contributed by atoms with Gasteiger partial charge in [0.25, 0.3) is 0 Å². The lowest BCUT2D eigenvalue weighted by atomic mass is 9.82. The van der Waals surface area contributed by atoms with Crippen LogP contribution < -0.4 is 5.32 Å². The minimum absolute atomic E-state index is 0.273. The Kier molecular flexibility index (Phi) is 4.37. The fraction of sp³-hybridized carbons (Fsp3) is 0.571. The number of hydrogen-bond donors (Lipinski definition) is 2. The van der Waals surface area contributed by atoms with Gasteiger partial charge in [-0.25, -0.2) is 0 Å². The molecule has 2 N–H and O–H groups in total. The van der Waals surface area contributed by atoms with Crippen molar-refractivity contribution in [2.75, 3.05) is 19.7 Å². The molecule has 2 heteroatoms. The molecule has 0 radical (unpaired) electrons. The summed E-state index contributed by atoms with van der Waals surface area (Å²) < 4.78 is 0. The van der Waals surface area contributed by atoms with E-state index in [2.05, 4.69) is 29.6 Å². The first kappa shape index (κ1) is 11.6. The molecule has 2 nitrogen and oxygen atoms in total. The second-order valence-electron chi connectivity index (χ2n) is 4.64. The molecule has 1 saturated heterocycles. The molecule has 2 unspecified atom stereocenters. The number of aliphatic hydroxyl groups is 1. The van der Waals surface area contributed by atoms with Crippen LogP contribution in [0.4, 0.5) is 0 Å². The molecule has 1 heterocycles. The van der Waals surface area contributed by atoms with Gasteiger partial charge in [-0.05, 0) is 43.8 Å². The molecule has 1 aromatic carbocycles. The highest BCUT2D eigenvalue weighted by Crippen LogP contribution is 2.30. The molecule has 0 amide bonds. The topological polar surface area (TPSA) is 32.3 Å². The van der Waals surface area contributed by atoms with E-state index in [-0.39, 0.29) is 6.61 Å². The Morgan fingerprint density at radius 2 is 2.00 bits per heavy atom. The smallest absolute Gasteiger partial charge is 0.0502 e. The molecule has 1 aliphatic rings. The lowest BCUT2D eigenvalue weighted by Gasteiger charge is -2.24. The van der Waals surface area contributed by atoms with E-state index in [1.54, 1.807) is 0 Å². The Morgan fingerprint density at radius 3 is 2.75 bits per heavy atom. The zero-order valence-electron chi connectivity index (χ0n) is 9.73. The maximum atomic E-state index is 9.60. The van der Waals surface area contributed by atoms with Crippen molar-refractivity contribution >= 4 is 0 Å². The number of benzene rings is 1. The van der Waals surface area contributed by atoms with Crippen LogP contribution in [0.1, 0.15) is 30.7 Å². The van der Waals surface area contributed by atoms with Crippen LogP contribution in [-0.2, 0) is 0 Å². The van der Waals surface area contributed by atoms with E-state index in [9.17, 15) is 5.11 Å². The van der Waals surface area contributed by atoms with Crippen molar-refractivity contribution in [1.29, 1.82) is 0 Å². The Morgan fingerprint density at radius 1 is 1.19 bits per heavy atom. The van der Waals surface area contributed by atoms with E-state index in [0.29, 0.717) is 11.8 Å². The summed E-state index contributed by atoms with van der Waals surface area (Å²) in [6, 6.07) is 10.4. The van der Waals surface area contributed by atoms with Crippen LogP contribution in [0, 0.1) is 5.92 Å². The first-order valence-corrected chi connectivity index (χ1v) is 6.28. The van der Waals surface area contributed by atoms with Gasteiger partial charge < -0.3 is 10.4 Å². The van der Waals surface area contributed by atoms with Gasteiger partial charge in [0.2, 0.25) is 0 Å². The average Bonchev–Trinajstić information content (AvgIpc) is 2.61. The Balaban J connectivity index is 2.09. The van der Waals surface area contributed by atoms with Gasteiger partial charge in [-0.3, -0.25) is 0 Å². The summed E-state index contributed by atoms with van der Waals surface area (Å²) in [6.45, 7) is 2.49. The summed E-state index contributed by atoms with van der Waals surface area (Å²) in [7, 11) is 0. The molecule has 0 spiro atoms. The van der Waals surface area contributed by atoms with E-state index >= 15 is 0 Å². The van der Waals surface area contributed by atoms with Crippen LogP contribution in [0.3, 0.4) is 0 Å². The van der Waals surface area contributed by atoms with Gasteiger partial charge in [0.05, 0.1) is 6.61 Å². The highest BCUT2D eigenvalue weighted by atomic mass is 16.3. The SMILES string of the molecule is OCC(c1ccccc1)C1CCCNCC1. The first-order valence-electron chi connectivity index (χ1n) is 6.28. The fourth-order valence-electron chi connectivity index (χ4n) is 2.68. The summed E-state index contributed by atoms with van der Waals surface area (Å²) >= 11 is 0. The second-order valence-corrected chi connectivity index (χ2v) is 4.64. The summed E-state index contributed by atoms with van der Waals surface area (Å²) in [5.74, 6) is 0.948. The molecule has 0 aliphatic carbocycles. The molecule has 1 fully saturated rings. The third-order valence-electron chi connectivity index (χ3n) is 3.61. The van der Waals surface area contributed by atoms with Gasteiger partial charge in [-0.1, -0.05) is 30.3 Å². The summed E-state index contributed by atoms with van der Waals surface area (Å²) in [5, 5.41) is 13.0. The minimum atomic E-state index is 0.273. The average molecular weight is 219 g/mol. The van der Waals surface area contributed by atoms with Crippen LogP contribution in [0.5, 0.6) is 0 Å². The standard InChI is InChI=1S/C14H21NO/c16-11-14(12-5-2-1-3-6-12)13-7-4-9-15-10-8-13/h1-3,5-6,13-16H,4,7-11H2. The van der Waals surface area contributed by atoms with Gasteiger partial charge in [-0.2, -0.15) is 0 Å². The van der Waals surface area contributed by atoms with Crippen molar-refractivity contribution in [3.8, 4) is 0 Å². The molecule has 1 aromatic rings. The maximum absolute atomic E-state index is 9.60. The van der Waals surface area contributed by atoms with Crippen molar-refractivity contribution in [1.82, 2.24) is 5.32 Å². The lowest BCUT2D eigenvalue weighted by Crippen LogP contribution is -2.19. The molecule has 2 atom stereocenters. The Bertz CT molecular complexity index is 291. The molecule has 16 heavy (non-hydrogen) atoms. The normalized spacial score (nSPS) is 23.7. The van der Waals surface area contributed by atoms with Gasteiger partial charge in [0.1, 0.15) is 0 Å². The molecule has 0 saturated carbocycles. The van der Waals surface area contributed by atoms with Crippen LogP contribution >= 0.6 is 0 Å². The van der Waals surface area contributed by atoms with Crippen molar-refractivity contribution in [3.63, 3.8) is 0 Å². The van der Waals surface area contributed by atoms with Gasteiger partial charge in [0.15, 0.2) is 0 Å². The monoisotopic (exact) mass is 219 g/mol. The number of hydrogen-bond acceptors (Lipinski definition) is 2. The molecule has 1 aliphatic heterocycles. The van der Waals surface area contributed by atoms with Crippen LogP contribution in [0.25, 0.3) is 0 Å². The molecule has 0 aromatic heterocycles. The van der Waals surface area contributed by atoms with Gasteiger partial charge in [0, 0.05) is 5.92 Å². The molecular weight excluding hydrogens is 198 g/mol. The van der Waals surface area contributed by atoms with Crippen LogP contribution in [0.2, 0.25) is 0 Å². The van der Waals surface area contributed by atoms with Gasteiger partial charge >= 0.3 is 0 Å². The number of aliphatic hydroxyl groups excluding tert-OH is 1. The van der Waals surface area contributed by atoms with Crippen molar-refractivity contribution in [2.45, 2.75) is 25.2 Å². The third-order valence-corrected chi connectivity index (χ3v) is 3.61. The van der Waals surface area contributed by atoms with E-state index < -0.39 is 0 Å². The summed E-state index contributed by atoms with van der Waals surface area (Å²) in [6.07, 6.45) is 3.64. The Hall–Kier alpha value is -0.860. The molecular formula is C14H21NO. The number of rotatable bonds is 3. The summed E-state index contributed by atoms with van der Waals surface area (Å²) in [4.78, 5) is 0. The van der Waals surface area contributed by atoms with Crippen molar-refractivity contribution in [3.05, 3.63) is 35.9 Å². The van der Waals surface area contributed by atoms with Crippen LogP contribution in [0.15, 0.2) is 30.3 Å². The highest BCUT2D eigenvalue weighted by Gasteiger charge is 2.23. The first-order chi connectivity index (χ1) is 7.92. The van der Waals surface area contributed by atoms with Crippen LogP contribution in [-0.4, -0.2) is 24.8 Å². The molecule has 2 rings (SSSR count). The van der Waals surface area contributed by atoms with Crippen molar-refractivity contribution < 1.29 is 5.11 Å². The minimum Gasteiger partial charge on any atom is -0.396 e. The maximum Gasteiger partial charge on any atom is 0.0502 e. The Labute approximate surface area is 97.7 Å². The third kappa shape index (κ3) is 2.83. The van der Waals surface area contributed by atoms with E-state index in [0.717, 1.165) is 13.1 Å².